The van der Waals surface area contributed by atoms with Gasteiger partial charge in [-0.25, -0.2) is 9.97 Å². The van der Waals surface area contributed by atoms with Crippen molar-refractivity contribution in [3.05, 3.63) is 40.2 Å². The quantitative estimate of drug-likeness (QED) is 0.901. The summed E-state index contributed by atoms with van der Waals surface area (Å²) < 4.78 is 0. The minimum absolute atomic E-state index is 0.538. The van der Waals surface area contributed by atoms with E-state index in [1.165, 1.54) is 0 Å². The fourth-order valence-corrected chi connectivity index (χ4v) is 2.07. The highest BCUT2D eigenvalue weighted by Crippen LogP contribution is 2.29. The molecule has 0 saturated carbocycles. The predicted molar refractivity (Wildman–Crippen MR) is 85.1 cm³/mol. The summed E-state index contributed by atoms with van der Waals surface area (Å²) in [6, 6.07) is 7.17. The van der Waals surface area contributed by atoms with Gasteiger partial charge >= 0.3 is 0 Å². The molecule has 1 heterocycles. The Hall–Kier alpha value is -2.32. The van der Waals surface area contributed by atoms with Crippen molar-refractivity contribution in [1.82, 2.24) is 9.97 Å². The Labute approximate surface area is 129 Å². The molecule has 0 aliphatic carbocycles. The van der Waals surface area contributed by atoms with E-state index in [0.29, 0.717) is 22.1 Å². The van der Waals surface area contributed by atoms with Gasteiger partial charge in [0.15, 0.2) is 0 Å². The minimum atomic E-state index is 0.538. The second-order valence-corrected chi connectivity index (χ2v) is 4.90. The molecule has 0 amide bonds. The molecule has 21 heavy (non-hydrogen) atoms. The summed E-state index contributed by atoms with van der Waals surface area (Å²) >= 11 is 6.17. The van der Waals surface area contributed by atoms with Crippen LogP contribution in [0.5, 0.6) is 0 Å². The van der Waals surface area contributed by atoms with Gasteiger partial charge in [0.25, 0.3) is 0 Å². The maximum atomic E-state index is 8.98. The first kappa shape index (κ1) is 15.1. The van der Waals surface area contributed by atoms with Crippen LogP contribution in [0.25, 0.3) is 0 Å². The fraction of sp³-hybridized carbons (Fsp3) is 0.267. The van der Waals surface area contributed by atoms with Gasteiger partial charge in [0.05, 0.1) is 22.3 Å². The Bertz CT molecular complexity index is 706. The second-order valence-electron chi connectivity index (χ2n) is 4.50. The fourth-order valence-electron chi connectivity index (χ4n) is 1.90. The molecule has 2 rings (SSSR count). The molecular weight excluding hydrogens is 286 g/mol. The van der Waals surface area contributed by atoms with Crippen molar-refractivity contribution < 1.29 is 0 Å². The third-order valence-electron chi connectivity index (χ3n) is 3.09. The number of benzene rings is 1. The zero-order chi connectivity index (χ0) is 15.4. The van der Waals surface area contributed by atoms with Crippen LogP contribution in [0.4, 0.5) is 17.3 Å². The van der Waals surface area contributed by atoms with Crippen molar-refractivity contribution in [2.45, 2.75) is 20.3 Å². The normalized spacial score (nSPS) is 10.0. The Morgan fingerprint density at radius 2 is 2.00 bits per heavy atom. The summed E-state index contributed by atoms with van der Waals surface area (Å²) in [5.74, 6) is 2.19. The molecular formula is C15H16ClN5. The number of anilines is 3. The van der Waals surface area contributed by atoms with Crippen LogP contribution in [-0.4, -0.2) is 17.0 Å². The van der Waals surface area contributed by atoms with Gasteiger partial charge in [-0.1, -0.05) is 18.5 Å². The highest BCUT2D eigenvalue weighted by Gasteiger charge is 2.11. The molecule has 1 aromatic carbocycles. The first-order valence-electron chi connectivity index (χ1n) is 6.61. The van der Waals surface area contributed by atoms with Crippen LogP contribution in [0.2, 0.25) is 5.02 Å². The van der Waals surface area contributed by atoms with Crippen LogP contribution in [0, 0.1) is 18.3 Å². The molecule has 0 fully saturated rings. The number of rotatable bonds is 4. The summed E-state index contributed by atoms with van der Waals surface area (Å²) in [7, 11) is 1.82. The number of hydrogen-bond acceptors (Lipinski definition) is 5. The number of hydrogen-bond donors (Lipinski definition) is 2. The van der Waals surface area contributed by atoms with Crippen molar-refractivity contribution in [1.29, 1.82) is 5.26 Å². The van der Waals surface area contributed by atoms with Gasteiger partial charge in [-0.2, -0.15) is 5.26 Å². The van der Waals surface area contributed by atoms with Crippen LogP contribution in [0.15, 0.2) is 18.2 Å². The number of aromatic nitrogens is 2. The molecule has 0 aliphatic rings. The average Bonchev–Trinajstić information content (AvgIpc) is 2.51. The summed E-state index contributed by atoms with van der Waals surface area (Å²) in [5, 5.41) is 15.8. The zero-order valence-electron chi connectivity index (χ0n) is 12.2. The van der Waals surface area contributed by atoms with Crippen LogP contribution in [0.1, 0.15) is 23.9 Å². The Balaban J connectivity index is 2.46. The topological polar surface area (TPSA) is 73.6 Å². The van der Waals surface area contributed by atoms with Crippen molar-refractivity contribution in [3.63, 3.8) is 0 Å². The minimum Gasteiger partial charge on any atom is -0.373 e. The van der Waals surface area contributed by atoms with Crippen molar-refractivity contribution in [3.8, 4) is 6.07 Å². The summed E-state index contributed by atoms with van der Waals surface area (Å²) in [4.78, 5) is 8.91. The zero-order valence-corrected chi connectivity index (χ0v) is 12.9. The van der Waals surface area contributed by atoms with E-state index in [9.17, 15) is 0 Å². The average molecular weight is 302 g/mol. The van der Waals surface area contributed by atoms with E-state index >= 15 is 0 Å². The second kappa shape index (κ2) is 6.42. The lowest BCUT2D eigenvalue weighted by molar-refractivity contribution is 0.935. The molecule has 108 valence electrons. The molecule has 0 aliphatic heterocycles. The number of nitrogens with zero attached hydrogens (tertiary/aromatic N) is 3. The van der Waals surface area contributed by atoms with Gasteiger partial charge in [0, 0.05) is 19.0 Å². The molecule has 2 N–H and O–H groups in total. The molecule has 6 heteroatoms. The molecule has 0 radical (unpaired) electrons. The molecule has 0 atom stereocenters. The van der Waals surface area contributed by atoms with E-state index < -0.39 is 0 Å². The maximum Gasteiger partial charge on any atom is 0.139 e. The molecule has 1 aromatic heterocycles. The molecule has 0 unspecified atom stereocenters. The third kappa shape index (κ3) is 3.23. The van der Waals surface area contributed by atoms with Crippen LogP contribution in [0.3, 0.4) is 0 Å². The molecule has 2 aromatic rings. The highest BCUT2D eigenvalue weighted by molar-refractivity contribution is 6.33. The van der Waals surface area contributed by atoms with E-state index in [-0.39, 0.29) is 0 Å². The third-order valence-corrected chi connectivity index (χ3v) is 3.42. The standard InChI is InChI=1S/C15H16ClN5/c1-4-13-20-14(18-3)9(2)15(21-13)19-12-7-10(8-17)5-6-11(12)16/h5-7H,4H2,1-3H3,(H2,18,19,20,21). The first-order valence-corrected chi connectivity index (χ1v) is 6.98. The monoisotopic (exact) mass is 301 g/mol. The largest absolute Gasteiger partial charge is 0.373 e. The lowest BCUT2D eigenvalue weighted by atomic mass is 10.2. The Kier molecular flexibility index (Phi) is 4.61. The van der Waals surface area contributed by atoms with Gasteiger partial charge in [-0.3, -0.25) is 0 Å². The van der Waals surface area contributed by atoms with Gasteiger partial charge in [-0.15, -0.1) is 0 Å². The van der Waals surface area contributed by atoms with Gasteiger partial charge in [0.2, 0.25) is 0 Å². The van der Waals surface area contributed by atoms with Gasteiger partial charge in [0.1, 0.15) is 17.5 Å². The molecule has 0 spiro atoms. The molecule has 0 bridgehead atoms. The van der Waals surface area contributed by atoms with E-state index in [1.54, 1.807) is 18.2 Å². The lowest BCUT2D eigenvalue weighted by Gasteiger charge is -2.14. The van der Waals surface area contributed by atoms with Gasteiger partial charge in [-0.05, 0) is 25.1 Å². The van der Waals surface area contributed by atoms with Crippen LogP contribution in [-0.2, 0) is 6.42 Å². The van der Waals surface area contributed by atoms with Gasteiger partial charge < -0.3 is 10.6 Å². The summed E-state index contributed by atoms with van der Waals surface area (Å²) in [6.07, 6.45) is 0.732. The van der Waals surface area contributed by atoms with Crippen LogP contribution >= 0.6 is 11.6 Å². The number of nitriles is 1. The number of aryl methyl sites for hydroxylation is 1. The SMILES string of the molecule is CCc1nc(NC)c(C)c(Nc2cc(C#N)ccc2Cl)n1. The lowest BCUT2D eigenvalue weighted by Crippen LogP contribution is -2.07. The van der Waals surface area contributed by atoms with E-state index in [2.05, 4.69) is 26.7 Å². The van der Waals surface area contributed by atoms with E-state index in [0.717, 1.165) is 23.6 Å². The van der Waals surface area contributed by atoms with Crippen molar-refractivity contribution >= 4 is 28.9 Å². The summed E-state index contributed by atoms with van der Waals surface area (Å²) in [5.41, 5.74) is 2.09. The summed E-state index contributed by atoms with van der Waals surface area (Å²) in [6.45, 7) is 3.92. The molecule has 5 nitrogen and oxygen atoms in total. The van der Waals surface area contributed by atoms with Crippen LogP contribution < -0.4 is 10.6 Å². The van der Waals surface area contributed by atoms with E-state index in [1.807, 2.05) is 20.9 Å². The Morgan fingerprint density at radius 1 is 1.29 bits per heavy atom. The smallest absolute Gasteiger partial charge is 0.139 e. The highest BCUT2D eigenvalue weighted by atomic mass is 35.5. The molecule has 0 saturated heterocycles. The number of nitrogens with one attached hydrogen (secondary N) is 2. The Morgan fingerprint density at radius 3 is 2.62 bits per heavy atom. The van der Waals surface area contributed by atoms with Crippen molar-refractivity contribution in [2.24, 2.45) is 0 Å². The van der Waals surface area contributed by atoms with E-state index in [4.69, 9.17) is 16.9 Å². The first-order chi connectivity index (χ1) is 10.1. The maximum absolute atomic E-state index is 8.98. The number of halogens is 1. The predicted octanol–water partition coefficient (Wildman–Crippen LogP) is 3.66. The van der Waals surface area contributed by atoms with Crippen molar-refractivity contribution in [2.75, 3.05) is 17.7 Å².